The summed E-state index contributed by atoms with van der Waals surface area (Å²) in [6, 6.07) is 15.5. The Kier molecular flexibility index (Phi) is 4.30. The molecule has 1 fully saturated rings. The number of benzene rings is 2. The first kappa shape index (κ1) is 14.2. The highest BCUT2D eigenvalue weighted by molar-refractivity contribution is 6.17. The highest BCUT2D eigenvalue weighted by Gasteiger charge is 2.18. The van der Waals surface area contributed by atoms with E-state index in [9.17, 15) is 4.39 Å². The van der Waals surface area contributed by atoms with E-state index in [0.29, 0.717) is 5.88 Å². The summed E-state index contributed by atoms with van der Waals surface area (Å²) in [5.41, 5.74) is 3.01. The second kappa shape index (κ2) is 6.35. The van der Waals surface area contributed by atoms with Crippen LogP contribution in [0, 0.1) is 5.82 Å². The van der Waals surface area contributed by atoms with E-state index in [0.717, 1.165) is 37.4 Å². The van der Waals surface area contributed by atoms with E-state index in [-0.39, 0.29) is 5.82 Å². The molecule has 1 heterocycles. The Hall–Kier alpha value is -1.74. The summed E-state index contributed by atoms with van der Waals surface area (Å²) in [5, 5.41) is 0. The fourth-order valence-corrected chi connectivity index (χ4v) is 2.91. The number of para-hydroxylation sites is 1. The van der Waals surface area contributed by atoms with Gasteiger partial charge in [-0.15, -0.1) is 11.6 Å². The van der Waals surface area contributed by atoms with Gasteiger partial charge in [0.15, 0.2) is 0 Å². The molecule has 0 atom stereocenters. The van der Waals surface area contributed by atoms with Gasteiger partial charge in [0.05, 0.1) is 0 Å². The van der Waals surface area contributed by atoms with Crippen LogP contribution in [0.5, 0.6) is 0 Å². The van der Waals surface area contributed by atoms with E-state index < -0.39 is 0 Å². The molecule has 1 aliphatic rings. The first-order valence-corrected chi connectivity index (χ1v) is 7.70. The number of anilines is 2. The van der Waals surface area contributed by atoms with Gasteiger partial charge in [0.2, 0.25) is 0 Å². The molecule has 0 amide bonds. The lowest BCUT2D eigenvalue weighted by atomic mass is 10.1. The van der Waals surface area contributed by atoms with Gasteiger partial charge in [0, 0.05) is 43.4 Å². The Bertz CT molecular complexity index is 595. The second-order valence-electron chi connectivity index (χ2n) is 5.26. The van der Waals surface area contributed by atoms with Crippen molar-refractivity contribution in [2.75, 3.05) is 36.0 Å². The van der Waals surface area contributed by atoms with Crippen molar-refractivity contribution in [1.82, 2.24) is 0 Å². The molecular formula is C17H18ClFN2. The third kappa shape index (κ3) is 3.30. The van der Waals surface area contributed by atoms with Crippen LogP contribution in [0.2, 0.25) is 0 Å². The van der Waals surface area contributed by atoms with E-state index in [1.54, 1.807) is 6.07 Å². The molecule has 2 aromatic carbocycles. The normalized spacial score (nSPS) is 15.3. The highest BCUT2D eigenvalue weighted by Crippen LogP contribution is 2.23. The molecule has 0 aliphatic carbocycles. The van der Waals surface area contributed by atoms with Gasteiger partial charge in [-0.05, 0) is 35.9 Å². The lowest BCUT2D eigenvalue weighted by Crippen LogP contribution is -2.46. The van der Waals surface area contributed by atoms with Crippen LogP contribution in [-0.2, 0) is 5.88 Å². The standard InChI is InChI=1S/C17H18ClFN2/c18-13-14-10-15(19)12-17(11-14)21-8-6-20(7-9-21)16-4-2-1-3-5-16/h1-5,10-12H,6-9,13H2. The third-order valence-electron chi connectivity index (χ3n) is 3.86. The van der Waals surface area contributed by atoms with Crippen LogP contribution < -0.4 is 9.80 Å². The number of nitrogens with zero attached hydrogens (tertiary/aromatic N) is 2. The third-order valence-corrected chi connectivity index (χ3v) is 4.17. The number of hydrogen-bond acceptors (Lipinski definition) is 2. The Morgan fingerprint density at radius 3 is 2.10 bits per heavy atom. The Morgan fingerprint density at radius 1 is 0.857 bits per heavy atom. The van der Waals surface area contributed by atoms with E-state index in [4.69, 9.17) is 11.6 Å². The summed E-state index contributed by atoms with van der Waals surface area (Å²) in [5.74, 6) is 0.128. The van der Waals surface area contributed by atoms with Crippen molar-refractivity contribution in [2.45, 2.75) is 5.88 Å². The minimum atomic E-state index is -0.214. The highest BCUT2D eigenvalue weighted by atomic mass is 35.5. The van der Waals surface area contributed by atoms with Crippen LogP contribution in [0.4, 0.5) is 15.8 Å². The molecule has 21 heavy (non-hydrogen) atoms. The quantitative estimate of drug-likeness (QED) is 0.794. The number of hydrogen-bond donors (Lipinski definition) is 0. The van der Waals surface area contributed by atoms with E-state index in [2.05, 4.69) is 34.1 Å². The summed E-state index contributed by atoms with van der Waals surface area (Å²) in [7, 11) is 0. The minimum absolute atomic E-state index is 0.214. The lowest BCUT2D eigenvalue weighted by Gasteiger charge is -2.37. The van der Waals surface area contributed by atoms with Gasteiger partial charge < -0.3 is 9.80 Å². The topological polar surface area (TPSA) is 6.48 Å². The zero-order valence-electron chi connectivity index (χ0n) is 11.8. The van der Waals surface area contributed by atoms with Gasteiger partial charge >= 0.3 is 0 Å². The van der Waals surface area contributed by atoms with E-state index in [1.807, 2.05) is 12.1 Å². The van der Waals surface area contributed by atoms with Gasteiger partial charge in [-0.2, -0.15) is 0 Å². The summed E-state index contributed by atoms with van der Waals surface area (Å²) < 4.78 is 13.6. The Morgan fingerprint density at radius 2 is 1.48 bits per heavy atom. The molecule has 0 unspecified atom stereocenters. The van der Waals surface area contributed by atoms with Gasteiger partial charge in [-0.25, -0.2) is 4.39 Å². The maximum absolute atomic E-state index is 13.6. The first-order valence-electron chi connectivity index (χ1n) is 7.16. The number of piperazine rings is 1. The summed E-state index contributed by atoms with van der Waals surface area (Å²) >= 11 is 5.82. The maximum Gasteiger partial charge on any atom is 0.125 e. The van der Waals surface area contributed by atoms with Gasteiger partial charge in [0.1, 0.15) is 5.82 Å². The van der Waals surface area contributed by atoms with Gasteiger partial charge in [0.25, 0.3) is 0 Å². The molecular weight excluding hydrogens is 287 g/mol. The largest absolute Gasteiger partial charge is 0.368 e. The smallest absolute Gasteiger partial charge is 0.125 e. The molecule has 0 radical (unpaired) electrons. The lowest BCUT2D eigenvalue weighted by molar-refractivity contribution is 0.619. The van der Waals surface area contributed by atoms with Gasteiger partial charge in [-0.3, -0.25) is 0 Å². The molecule has 2 nitrogen and oxygen atoms in total. The van der Waals surface area contributed by atoms with Crippen molar-refractivity contribution in [3.05, 3.63) is 59.9 Å². The molecule has 0 spiro atoms. The minimum Gasteiger partial charge on any atom is -0.368 e. The predicted molar refractivity (Wildman–Crippen MR) is 86.8 cm³/mol. The maximum atomic E-state index is 13.6. The van der Waals surface area contributed by atoms with Crippen molar-refractivity contribution in [3.8, 4) is 0 Å². The fourth-order valence-electron chi connectivity index (χ4n) is 2.75. The van der Waals surface area contributed by atoms with Crippen molar-refractivity contribution in [3.63, 3.8) is 0 Å². The van der Waals surface area contributed by atoms with Gasteiger partial charge in [-0.1, -0.05) is 18.2 Å². The summed E-state index contributed by atoms with van der Waals surface area (Å²) in [6.07, 6.45) is 0. The summed E-state index contributed by atoms with van der Waals surface area (Å²) in [4.78, 5) is 4.58. The van der Waals surface area contributed by atoms with Crippen LogP contribution in [0.1, 0.15) is 5.56 Å². The second-order valence-corrected chi connectivity index (χ2v) is 5.53. The average molecular weight is 305 g/mol. The average Bonchev–Trinajstić information content (AvgIpc) is 2.55. The Balaban J connectivity index is 1.70. The SMILES string of the molecule is Fc1cc(CCl)cc(N2CCN(c3ccccc3)CC2)c1. The summed E-state index contributed by atoms with van der Waals surface area (Å²) in [6.45, 7) is 3.66. The first-order chi connectivity index (χ1) is 10.3. The monoisotopic (exact) mass is 304 g/mol. The van der Waals surface area contributed by atoms with Crippen LogP contribution in [0.15, 0.2) is 48.5 Å². The van der Waals surface area contributed by atoms with Crippen LogP contribution in [0.3, 0.4) is 0 Å². The zero-order chi connectivity index (χ0) is 14.7. The van der Waals surface area contributed by atoms with Crippen molar-refractivity contribution in [1.29, 1.82) is 0 Å². The van der Waals surface area contributed by atoms with Crippen LogP contribution >= 0.6 is 11.6 Å². The number of halogens is 2. The molecule has 4 heteroatoms. The number of alkyl halides is 1. The van der Waals surface area contributed by atoms with E-state index >= 15 is 0 Å². The molecule has 0 saturated carbocycles. The van der Waals surface area contributed by atoms with Crippen molar-refractivity contribution < 1.29 is 4.39 Å². The van der Waals surface area contributed by atoms with Crippen LogP contribution in [0.25, 0.3) is 0 Å². The van der Waals surface area contributed by atoms with Crippen molar-refractivity contribution in [2.24, 2.45) is 0 Å². The van der Waals surface area contributed by atoms with E-state index in [1.165, 1.54) is 11.8 Å². The molecule has 2 aromatic rings. The predicted octanol–water partition coefficient (Wildman–Crippen LogP) is 3.89. The molecule has 0 N–H and O–H groups in total. The van der Waals surface area contributed by atoms with Crippen LogP contribution in [-0.4, -0.2) is 26.2 Å². The molecule has 110 valence electrons. The number of rotatable bonds is 3. The fraction of sp³-hybridized carbons (Fsp3) is 0.294. The zero-order valence-corrected chi connectivity index (χ0v) is 12.6. The molecule has 0 bridgehead atoms. The molecule has 1 saturated heterocycles. The molecule has 3 rings (SSSR count). The molecule has 0 aromatic heterocycles. The Labute approximate surface area is 129 Å². The van der Waals surface area contributed by atoms with Crippen molar-refractivity contribution >= 4 is 23.0 Å². The molecule has 1 aliphatic heterocycles.